The fourth-order valence-corrected chi connectivity index (χ4v) is 4.09. The van der Waals surface area contributed by atoms with Crippen LogP contribution in [0, 0.1) is 0 Å². The summed E-state index contributed by atoms with van der Waals surface area (Å²) < 4.78 is 2.57. The van der Waals surface area contributed by atoms with E-state index in [0.717, 1.165) is 13.1 Å². The van der Waals surface area contributed by atoms with Gasteiger partial charge in [0.25, 0.3) is 0 Å². The topological polar surface area (TPSA) is 8.17 Å². The molecule has 2 aromatic carbocycles. The van der Waals surface area contributed by atoms with Crippen LogP contribution in [0.3, 0.4) is 0 Å². The SMILES string of the molecule is CN(C)Cc1ccc2c(c1)c1c(n2Cc2ccccc2)CCCC1. The zero-order chi connectivity index (χ0) is 16.5. The quantitative estimate of drug-likeness (QED) is 0.681. The van der Waals surface area contributed by atoms with Crippen molar-refractivity contribution in [2.45, 2.75) is 38.8 Å². The molecule has 0 saturated heterocycles. The Balaban J connectivity index is 1.83. The summed E-state index contributed by atoms with van der Waals surface area (Å²) in [7, 11) is 4.28. The van der Waals surface area contributed by atoms with E-state index in [4.69, 9.17) is 0 Å². The number of fused-ring (bicyclic) bond motifs is 3. The molecule has 1 aliphatic rings. The zero-order valence-corrected chi connectivity index (χ0v) is 14.8. The molecule has 0 spiro atoms. The Bertz CT molecular complexity index is 843. The van der Waals surface area contributed by atoms with Gasteiger partial charge in [0.15, 0.2) is 0 Å². The van der Waals surface area contributed by atoms with Crippen LogP contribution in [0.5, 0.6) is 0 Å². The standard InChI is InChI=1S/C22H26N2/c1-23(2)15-18-12-13-22-20(14-18)19-10-6-7-11-21(19)24(22)16-17-8-4-3-5-9-17/h3-5,8-9,12-14H,6-7,10-11,15-16H2,1-2H3. The van der Waals surface area contributed by atoms with Crippen molar-refractivity contribution in [2.75, 3.05) is 14.1 Å². The summed E-state index contributed by atoms with van der Waals surface area (Å²) in [6.07, 6.45) is 5.11. The predicted molar refractivity (Wildman–Crippen MR) is 102 cm³/mol. The molecular weight excluding hydrogens is 292 g/mol. The molecule has 0 aliphatic heterocycles. The Hall–Kier alpha value is -2.06. The molecule has 0 radical (unpaired) electrons. The first-order chi connectivity index (χ1) is 11.7. The number of hydrogen-bond acceptors (Lipinski definition) is 1. The molecule has 0 amide bonds. The highest BCUT2D eigenvalue weighted by molar-refractivity contribution is 5.86. The van der Waals surface area contributed by atoms with Crippen molar-refractivity contribution in [3.63, 3.8) is 0 Å². The van der Waals surface area contributed by atoms with Gasteiger partial charge in [-0.3, -0.25) is 0 Å². The van der Waals surface area contributed by atoms with E-state index in [1.165, 1.54) is 47.7 Å². The van der Waals surface area contributed by atoms with Gasteiger partial charge in [0.1, 0.15) is 0 Å². The Morgan fingerprint density at radius 3 is 2.50 bits per heavy atom. The van der Waals surface area contributed by atoms with Gasteiger partial charge >= 0.3 is 0 Å². The third-order valence-corrected chi connectivity index (χ3v) is 5.12. The molecule has 0 unspecified atom stereocenters. The predicted octanol–water partition coefficient (Wildman–Crippen LogP) is 4.63. The van der Waals surface area contributed by atoms with Gasteiger partial charge in [-0.2, -0.15) is 0 Å². The second-order valence-corrected chi connectivity index (χ2v) is 7.29. The van der Waals surface area contributed by atoms with Crippen LogP contribution < -0.4 is 0 Å². The molecule has 124 valence electrons. The molecule has 24 heavy (non-hydrogen) atoms. The van der Waals surface area contributed by atoms with E-state index in [9.17, 15) is 0 Å². The van der Waals surface area contributed by atoms with Crippen LogP contribution in [0.15, 0.2) is 48.5 Å². The smallest absolute Gasteiger partial charge is 0.0488 e. The lowest BCUT2D eigenvalue weighted by atomic mass is 9.95. The highest BCUT2D eigenvalue weighted by Crippen LogP contribution is 2.33. The van der Waals surface area contributed by atoms with Gasteiger partial charge in [0.05, 0.1) is 0 Å². The molecular formula is C22H26N2. The third-order valence-electron chi connectivity index (χ3n) is 5.12. The van der Waals surface area contributed by atoms with E-state index < -0.39 is 0 Å². The number of rotatable bonds is 4. The van der Waals surface area contributed by atoms with Crippen molar-refractivity contribution in [2.24, 2.45) is 0 Å². The Morgan fingerprint density at radius 1 is 0.917 bits per heavy atom. The molecule has 1 heterocycles. The van der Waals surface area contributed by atoms with E-state index in [2.05, 4.69) is 72.1 Å². The van der Waals surface area contributed by atoms with Crippen LogP contribution >= 0.6 is 0 Å². The molecule has 1 aromatic heterocycles. The highest BCUT2D eigenvalue weighted by Gasteiger charge is 2.20. The first-order valence-corrected chi connectivity index (χ1v) is 9.04. The average molecular weight is 318 g/mol. The molecule has 3 aromatic rings. The van der Waals surface area contributed by atoms with Crippen molar-refractivity contribution in [1.82, 2.24) is 9.47 Å². The number of nitrogens with zero attached hydrogens (tertiary/aromatic N) is 2. The molecule has 0 bridgehead atoms. The number of hydrogen-bond donors (Lipinski definition) is 0. The minimum Gasteiger partial charge on any atom is -0.340 e. The van der Waals surface area contributed by atoms with Crippen molar-refractivity contribution in [3.8, 4) is 0 Å². The normalized spacial score (nSPS) is 14.3. The lowest BCUT2D eigenvalue weighted by molar-refractivity contribution is 0.403. The maximum atomic E-state index is 2.57. The second-order valence-electron chi connectivity index (χ2n) is 7.29. The summed E-state index contributed by atoms with van der Waals surface area (Å²) >= 11 is 0. The Labute approximate surface area is 144 Å². The summed E-state index contributed by atoms with van der Waals surface area (Å²) in [5.74, 6) is 0. The molecule has 0 fully saturated rings. The van der Waals surface area contributed by atoms with Crippen molar-refractivity contribution >= 4 is 10.9 Å². The largest absolute Gasteiger partial charge is 0.340 e. The molecule has 2 heteroatoms. The average Bonchev–Trinajstić information content (AvgIpc) is 2.89. The summed E-state index contributed by atoms with van der Waals surface area (Å²) in [4.78, 5) is 2.24. The molecule has 0 atom stereocenters. The number of benzene rings is 2. The van der Waals surface area contributed by atoms with Gasteiger partial charge in [-0.05, 0) is 68.6 Å². The van der Waals surface area contributed by atoms with E-state index in [-0.39, 0.29) is 0 Å². The summed E-state index contributed by atoms with van der Waals surface area (Å²) in [6, 6.07) is 17.9. The lowest BCUT2D eigenvalue weighted by Crippen LogP contribution is -2.10. The van der Waals surface area contributed by atoms with Gasteiger partial charge in [-0.25, -0.2) is 0 Å². The molecule has 0 saturated carbocycles. The second kappa shape index (κ2) is 6.45. The van der Waals surface area contributed by atoms with E-state index in [1.807, 2.05) is 0 Å². The van der Waals surface area contributed by atoms with Gasteiger partial charge in [0, 0.05) is 29.7 Å². The fraction of sp³-hybridized carbons (Fsp3) is 0.364. The molecule has 2 nitrogen and oxygen atoms in total. The fourth-order valence-electron chi connectivity index (χ4n) is 4.09. The minimum absolute atomic E-state index is 0.986. The molecule has 4 rings (SSSR count). The number of aromatic nitrogens is 1. The van der Waals surface area contributed by atoms with Gasteiger partial charge < -0.3 is 9.47 Å². The van der Waals surface area contributed by atoms with Crippen LogP contribution in [-0.4, -0.2) is 23.6 Å². The minimum atomic E-state index is 0.986. The number of aryl methyl sites for hydroxylation is 1. The maximum absolute atomic E-state index is 2.57. The Morgan fingerprint density at radius 2 is 1.71 bits per heavy atom. The first-order valence-electron chi connectivity index (χ1n) is 9.04. The summed E-state index contributed by atoms with van der Waals surface area (Å²) in [5.41, 5.74) is 7.39. The third kappa shape index (κ3) is 2.87. The van der Waals surface area contributed by atoms with E-state index in [0.29, 0.717) is 0 Å². The van der Waals surface area contributed by atoms with Crippen LogP contribution in [0.2, 0.25) is 0 Å². The van der Waals surface area contributed by atoms with E-state index >= 15 is 0 Å². The van der Waals surface area contributed by atoms with Gasteiger partial charge in [-0.1, -0.05) is 36.4 Å². The lowest BCUT2D eigenvalue weighted by Gasteiger charge is -2.16. The van der Waals surface area contributed by atoms with Crippen molar-refractivity contribution in [3.05, 3.63) is 70.9 Å². The van der Waals surface area contributed by atoms with E-state index in [1.54, 1.807) is 11.3 Å². The summed E-state index contributed by atoms with van der Waals surface area (Å²) in [5, 5.41) is 1.49. The van der Waals surface area contributed by atoms with Crippen molar-refractivity contribution < 1.29 is 0 Å². The van der Waals surface area contributed by atoms with Crippen molar-refractivity contribution in [1.29, 1.82) is 0 Å². The molecule has 1 aliphatic carbocycles. The zero-order valence-electron chi connectivity index (χ0n) is 14.8. The van der Waals surface area contributed by atoms with Crippen LogP contribution in [0.25, 0.3) is 10.9 Å². The molecule has 0 N–H and O–H groups in total. The van der Waals surface area contributed by atoms with Gasteiger partial charge in [-0.15, -0.1) is 0 Å². The van der Waals surface area contributed by atoms with Gasteiger partial charge in [0.2, 0.25) is 0 Å². The van der Waals surface area contributed by atoms with Crippen LogP contribution in [-0.2, 0) is 25.9 Å². The maximum Gasteiger partial charge on any atom is 0.0488 e. The first kappa shape index (κ1) is 15.5. The highest BCUT2D eigenvalue weighted by atomic mass is 15.0. The summed E-state index contributed by atoms with van der Waals surface area (Å²) in [6.45, 7) is 1.99. The monoisotopic (exact) mass is 318 g/mol. The van der Waals surface area contributed by atoms with Crippen LogP contribution in [0.1, 0.15) is 35.2 Å². The van der Waals surface area contributed by atoms with Crippen LogP contribution in [0.4, 0.5) is 0 Å². The Kier molecular flexibility index (Phi) is 4.15.